The Kier molecular flexibility index (Phi) is 5.03. The molecule has 0 unspecified atom stereocenters. The third-order valence-corrected chi connectivity index (χ3v) is 4.26. The number of carbonyl (C=O) groups is 1. The molecular weight excluding hydrogens is 286 g/mol. The van der Waals surface area contributed by atoms with Crippen molar-refractivity contribution in [2.24, 2.45) is 5.73 Å². The van der Waals surface area contributed by atoms with Crippen molar-refractivity contribution in [3.63, 3.8) is 0 Å². The van der Waals surface area contributed by atoms with Crippen LogP contribution in [0.2, 0.25) is 0 Å². The molecule has 1 aliphatic carbocycles. The fraction of sp³-hybridized carbons (Fsp3) is 0.368. The van der Waals surface area contributed by atoms with Gasteiger partial charge in [-0.3, -0.25) is 4.79 Å². The normalized spacial score (nSPS) is 13.2. The van der Waals surface area contributed by atoms with Gasteiger partial charge in [-0.05, 0) is 53.8 Å². The summed E-state index contributed by atoms with van der Waals surface area (Å²) in [4.78, 5) is 15.9. The predicted molar refractivity (Wildman–Crippen MR) is 93.5 cm³/mol. The summed E-state index contributed by atoms with van der Waals surface area (Å²) in [5.74, 6) is 1.21. The molecule has 3 N–H and O–H groups in total. The molecule has 1 heterocycles. The number of fused-ring (bicyclic) bond motifs is 1. The van der Waals surface area contributed by atoms with E-state index < -0.39 is 0 Å². The average Bonchev–Trinajstić information content (AvgIpc) is 2.94. The van der Waals surface area contributed by atoms with Crippen LogP contribution in [-0.2, 0) is 17.6 Å². The lowest BCUT2D eigenvalue weighted by Crippen LogP contribution is -2.05. The predicted octanol–water partition coefficient (Wildman–Crippen LogP) is 2.96. The molecule has 0 aliphatic heterocycles. The quantitative estimate of drug-likeness (QED) is 0.772. The van der Waals surface area contributed by atoms with Crippen LogP contribution in [0, 0.1) is 0 Å². The van der Waals surface area contributed by atoms with E-state index in [0.29, 0.717) is 18.6 Å². The van der Waals surface area contributed by atoms with Crippen molar-refractivity contribution in [2.75, 3.05) is 18.4 Å². The van der Waals surface area contributed by atoms with Crippen molar-refractivity contribution in [3.8, 4) is 11.1 Å². The van der Waals surface area contributed by atoms with Gasteiger partial charge < -0.3 is 11.1 Å². The number of unbranched alkanes of at least 4 members (excludes halogenated alkanes) is 2. The number of aromatic nitrogens is 1. The summed E-state index contributed by atoms with van der Waals surface area (Å²) in [6.45, 7) is 1.67. The lowest BCUT2D eigenvalue weighted by molar-refractivity contribution is -0.117. The van der Waals surface area contributed by atoms with Crippen LogP contribution < -0.4 is 11.1 Å². The zero-order valence-corrected chi connectivity index (χ0v) is 13.3. The van der Waals surface area contributed by atoms with Crippen molar-refractivity contribution in [3.05, 3.63) is 47.7 Å². The summed E-state index contributed by atoms with van der Waals surface area (Å²) >= 11 is 0. The largest absolute Gasteiger partial charge is 0.370 e. The molecule has 1 aromatic carbocycles. The molecule has 0 bridgehead atoms. The van der Waals surface area contributed by atoms with E-state index in [1.165, 1.54) is 11.1 Å². The lowest BCUT2D eigenvalue weighted by atomic mass is 10.0. The third kappa shape index (κ3) is 3.96. The zero-order valence-electron chi connectivity index (χ0n) is 13.3. The van der Waals surface area contributed by atoms with Gasteiger partial charge in [-0.15, -0.1) is 0 Å². The van der Waals surface area contributed by atoms with Crippen molar-refractivity contribution in [2.45, 2.75) is 32.1 Å². The second-order valence-electron chi connectivity index (χ2n) is 6.08. The lowest BCUT2D eigenvalue weighted by Gasteiger charge is -2.09. The van der Waals surface area contributed by atoms with Crippen LogP contribution >= 0.6 is 0 Å². The fourth-order valence-electron chi connectivity index (χ4n) is 3.00. The molecule has 0 spiro atoms. The first-order valence-electron chi connectivity index (χ1n) is 8.30. The first-order valence-corrected chi connectivity index (χ1v) is 8.30. The minimum absolute atomic E-state index is 0.312. The number of hydrogen-bond donors (Lipinski definition) is 2. The maximum atomic E-state index is 11.6. The van der Waals surface area contributed by atoms with E-state index in [4.69, 9.17) is 5.73 Å². The first kappa shape index (κ1) is 15.7. The highest BCUT2D eigenvalue weighted by Gasteiger charge is 2.18. The Balaban J connectivity index is 1.68. The van der Waals surface area contributed by atoms with E-state index in [-0.39, 0.29) is 0 Å². The summed E-state index contributed by atoms with van der Waals surface area (Å²) < 4.78 is 0. The summed E-state index contributed by atoms with van der Waals surface area (Å²) in [7, 11) is 0. The van der Waals surface area contributed by atoms with E-state index in [2.05, 4.69) is 34.6 Å². The topological polar surface area (TPSA) is 68.0 Å². The van der Waals surface area contributed by atoms with E-state index in [9.17, 15) is 4.79 Å². The van der Waals surface area contributed by atoms with E-state index in [1.807, 2.05) is 12.3 Å². The number of nitrogens with two attached hydrogens (primary N) is 1. The number of ketones is 1. The Labute approximate surface area is 137 Å². The average molecular weight is 309 g/mol. The maximum Gasteiger partial charge on any atom is 0.141 e. The zero-order chi connectivity index (χ0) is 16.1. The standard InChI is InChI=1S/C19H23N3O/c20-7-2-1-3-8-21-19-13-16(6-9-22-19)14-4-5-15-11-18(23)12-17(15)10-14/h4-6,9-10,13H,1-3,7-8,11-12,20H2,(H,21,22). The van der Waals surface area contributed by atoms with Gasteiger partial charge >= 0.3 is 0 Å². The third-order valence-electron chi connectivity index (χ3n) is 4.26. The highest BCUT2D eigenvalue weighted by atomic mass is 16.1. The summed E-state index contributed by atoms with van der Waals surface area (Å²) in [6.07, 6.45) is 6.30. The van der Waals surface area contributed by atoms with Gasteiger partial charge in [-0.25, -0.2) is 4.98 Å². The number of nitrogens with one attached hydrogen (secondary N) is 1. The van der Waals surface area contributed by atoms with Gasteiger partial charge in [-0.1, -0.05) is 24.6 Å². The molecule has 1 aromatic heterocycles. The monoisotopic (exact) mass is 309 g/mol. The highest BCUT2D eigenvalue weighted by Crippen LogP contribution is 2.27. The Hall–Kier alpha value is -2.20. The smallest absolute Gasteiger partial charge is 0.141 e. The minimum atomic E-state index is 0.312. The number of benzene rings is 1. The van der Waals surface area contributed by atoms with Crippen molar-refractivity contribution >= 4 is 11.6 Å². The molecule has 4 heteroatoms. The van der Waals surface area contributed by atoms with Crippen molar-refractivity contribution in [1.82, 2.24) is 4.98 Å². The molecule has 0 amide bonds. The van der Waals surface area contributed by atoms with Gasteiger partial charge in [0.2, 0.25) is 0 Å². The number of hydrogen-bond acceptors (Lipinski definition) is 4. The minimum Gasteiger partial charge on any atom is -0.370 e. The van der Waals surface area contributed by atoms with Gasteiger partial charge in [-0.2, -0.15) is 0 Å². The molecule has 1 aliphatic rings. The first-order chi connectivity index (χ1) is 11.3. The molecule has 0 saturated heterocycles. The van der Waals surface area contributed by atoms with Crippen molar-refractivity contribution < 1.29 is 4.79 Å². The molecule has 0 atom stereocenters. The van der Waals surface area contributed by atoms with Gasteiger partial charge in [0.1, 0.15) is 11.6 Å². The van der Waals surface area contributed by atoms with Crippen LogP contribution in [0.15, 0.2) is 36.5 Å². The summed E-state index contributed by atoms with van der Waals surface area (Å²) in [6, 6.07) is 10.4. The molecule has 3 rings (SSSR count). The van der Waals surface area contributed by atoms with Gasteiger partial charge in [0.25, 0.3) is 0 Å². The maximum absolute atomic E-state index is 11.6. The number of rotatable bonds is 7. The second-order valence-corrected chi connectivity index (χ2v) is 6.08. The van der Waals surface area contributed by atoms with Crippen LogP contribution in [0.4, 0.5) is 5.82 Å². The number of nitrogens with zero attached hydrogens (tertiary/aromatic N) is 1. The molecule has 2 aromatic rings. The summed E-state index contributed by atoms with van der Waals surface area (Å²) in [5.41, 5.74) is 10.1. The Morgan fingerprint density at radius 1 is 1.00 bits per heavy atom. The Bertz CT molecular complexity index is 697. The van der Waals surface area contributed by atoms with Gasteiger partial charge in [0.05, 0.1) is 0 Å². The number of pyridine rings is 1. The molecule has 0 radical (unpaired) electrons. The number of Topliss-reactive ketones (excluding diaryl/α,β-unsaturated/α-hetero) is 1. The van der Waals surface area contributed by atoms with Gasteiger partial charge in [0, 0.05) is 25.6 Å². The molecule has 0 fully saturated rings. The van der Waals surface area contributed by atoms with E-state index in [0.717, 1.165) is 49.3 Å². The van der Waals surface area contributed by atoms with Gasteiger partial charge in [0.15, 0.2) is 0 Å². The molecule has 23 heavy (non-hydrogen) atoms. The van der Waals surface area contributed by atoms with Crippen LogP contribution in [0.1, 0.15) is 30.4 Å². The van der Waals surface area contributed by atoms with E-state index >= 15 is 0 Å². The van der Waals surface area contributed by atoms with E-state index in [1.54, 1.807) is 0 Å². The molecule has 4 nitrogen and oxygen atoms in total. The highest BCUT2D eigenvalue weighted by molar-refractivity contribution is 5.88. The SMILES string of the molecule is NCCCCCNc1cc(-c2ccc3c(c2)CC(=O)C3)ccn1. The Morgan fingerprint density at radius 3 is 2.70 bits per heavy atom. The van der Waals surface area contributed by atoms with Crippen LogP contribution in [0.5, 0.6) is 0 Å². The van der Waals surface area contributed by atoms with Crippen LogP contribution in [-0.4, -0.2) is 23.9 Å². The fourth-order valence-corrected chi connectivity index (χ4v) is 3.00. The second kappa shape index (κ2) is 7.38. The van der Waals surface area contributed by atoms with Crippen LogP contribution in [0.25, 0.3) is 11.1 Å². The number of carbonyl (C=O) groups excluding carboxylic acids is 1. The molecule has 0 saturated carbocycles. The molecule has 120 valence electrons. The number of anilines is 1. The van der Waals surface area contributed by atoms with Crippen molar-refractivity contribution in [1.29, 1.82) is 0 Å². The Morgan fingerprint density at radius 2 is 1.83 bits per heavy atom. The molecular formula is C19H23N3O. The van der Waals surface area contributed by atoms with Crippen LogP contribution in [0.3, 0.4) is 0 Å². The summed E-state index contributed by atoms with van der Waals surface area (Å²) in [5, 5.41) is 3.37.